The van der Waals surface area contributed by atoms with E-state index in [1.807, 2.05) is 35.9 Å². The van der Waals surface area contributed by atoms with Gasteiger partial charge in [-0.3, -0.25) is 0 Å². The quantitative estimate of drug-likeness (QED) is 0.737. The number of aromatic nitrogens is 4. The molecule has 18 heavy (non-hydrogen) atoms. The highest BCUT2D eigenvalue weighted by atomic mass is 16.3. The smallest absolute Gasteiger partial charge is 0.181 e. The minimum absolute atomic E-state index is 0.0421. The molecule has 0 unspecified atom stereocenters. The predicted octanol–water partition coefficient (Wildman–Crippen LogP) is 1.52. The molecule has 1 N–H and O–H groups in total. The number of hydrogen-bond acceptors (Lipinski definition) is 4. The number of aliphatic hydroxyl groups excluding tert-OH is 1. The van der Waals surface area contributed by atoms with Crippen molar-refractivity contribution in [2.45, 2.75) is 6.61 Å². The molecule has 5 heteroatoms. The highest BCUT2D eigenvalue weighted by Crippen LogP contribution is 2.18. The predicted molar refractivity (Wildman–Crippen MR) is 67.7 cm³/mol. The first-order chi connectivity index (χ1) is 8.78. The van der Waals surface area contributed by atoms with E-state index in [2.05, 4.69) is 15.0 Å². The van der Waals surface area contributed by atoms with Gasteiger partial charge in [0.05, 0.1) is 19.1 Å². The summed E-state index contributed by atoms with van der Waals surface area (Å²) < 4.78 is 1.88. The van der Waals surface area contributed by atoms with Crippen molar-refractivity contribution >= 4 is 11.2 Å². The minimum Gasteiger partial charge on any atom is -0.392 e. The van der Waals surface area contributed by atoms with Gasteiger partial charge in [0.1, 0.15) is 5.52 Å². The highest BCUT2D eigenvalue weighted by Gasteiger charge is 2.06. The summed E-state index contributed by atoms with van der Waals surface area (Å²) in [5, 5.41) is 9.00. The number of nitrogens with zero attached hydrogens (tertiary/aromatic N) is 4. The lowest BCUT2D eigenvalue weighted by Gasteiger charge is -2.01. The molecule has 0 aliphatic heterocycles. The van der Waals surface area contributed by atoms with Gasteiger partial charge in [-0.25, -0.2) is 15.0 Å². The molecule has 0 spiro atoms. The van der Waals surface area contributed by atoms with Crippen molar-refractivity contribution in [2.75, 3.05) is 0 Å². The van der Waals surface area contributed by atoms with Gasteiger partial charge in [-0.1, -0.05) is 24.3 Å². The van der Waals surface area contributed by atoms with Crippen molar-refractivity contribution in [3.8, 4) is 11.4 Å². The zero-order valence-electron chi connectivity index (χ0n) is 9.91. The Morgan fingerprint density at radius 2 is 1.94 bits per heavy atom. The van der Waals surface area contributed by atoms with Crippen LogP contribution in [0.5, 0.6) is 0 Å². The van der Waals surface area contributed by atoms with Crippen LogP contribution in [0.1, 0.15) is 5.56 Å². The van der Waals surface area contributed by atoms with Gasteiger partial charge >= 0.3 is 0 Å². The van der Waals surface area contributed by atoms with Crippen LogP contribution in [0.4, 0.5) is 0 Å². The molecule has 1 aromatic carbocycles. The van der Waals surface area contributed by atoms with Crippen molar-refractivity contribution in [3.05, 3.63) is 42.4 Å². The fraction of sp³-hybridized carbons (Fsp3) is 0.154. The lowest BCUT2D eigenvalue weighted by Crippen LogP contribution is -1.92. The lowest BCUT2D eigenvalue weighted by atomic mass is 10.1. The summed E-state index contributed by atoms with van der Waals surface area (Å²) >= 11 is 0. The second-order valence-corrected chi connectivity index (χ2v) is 4.11. The molecule has 0 saturated heterocycles. The van der Waals surface area contributed by atoms with Gasteiger partial charge in [0.2, 0.25) is 0 Å². The third kappa shape index (κ3) is 1.74. The Morgan fingerprint density at radius 3 is 2.67 bits per heavy atom. The van der Waals surface area contributed by atoms with E-state index in [-0.39, 0.29) is 6.61 Å². The van der Waals surface area contributed by atoms with Crippen molar-refractivity contribution in [2.24, 2.45) is 7.05 Å². The van der Waals surface area contributed by atoms with E-state index >= 15 is 0 Å². The molecule has 0 saturated carbocycles. The fourth-order valence-corrected chi connectivity index (χ4v) is 1.81. The topological polar surface area (TPSA) is 63.8 Å². The summed E-state index contributed by atoms with van der Waals surface area (Å²) in [6.45, 7) is 0.0421. The van der Waals surface area contributed by atoms with Crippen molar-refractivity contribution in [1.29, 1.82) is 0 Å². The third-order valence-corrected chi connectivity index (χ3v) is 2.88. The van der Waals surface area contributed by atoms with Crippen LogP contribution in [-0.2, 0) is 13.7 Å². The van der Waals surface area contributed by atoms with Gasteiger partial charge < -0.3 is 9.67 Å². The van der Waals surface area contributed by atoms with E-state index in [1.54, 1.807) is 12.5 Å². The molecule has 0 atom stereocenters. The Hall–Kier alpha value is -2.27. The highest BCUT2D eigenvalue weighted by molar-refractivity contribution is 5.72. The van der Waals surface area contributed by atoms with Gasteiger partial charge in [0, 0.05) is 12.6 Å². The zero-order chi connectivity index (χ0) is 12.5. The van der Waals surface area contributed by atoms with Crippen LogP contribution in [0.3, 0.4) is 0 Å². The molecular weight excluding hydrogens is 228 g/mol. The van der Waals surface area contributed by atoms with Crippen LogP contribution in [0.15, 0.2) is 36.8 Å². The summed E-state index contributed by atoms with van der Waals surface area (Å²) in [5.74, 6) is 0.644. The van der Waals surface area contributed by atoms with Crippen LogP contribution in [0, 0.1) is 0 Å². The molecule has 3 aromatic rings. The molecule has 0 bridgehead atoms. The van der Waals surface area contributed by atoms with Gasteiger partial charge in [0.15, 0.2) is 11.5 Å². The van der Waals surface area contributed by atoms with Gasteiger partial charge in [-0.05, 0) is 5.56 Å². The number of aryl methyl sites for hydroxylation is 1. The summed E-state index contributed by atoms with van der Waals surface area (Å²) in [4.78, 5) is 13.0. The summed E-state index contributed by atoms with van der Waals surface area (Å²) in [7, 11) is 1.91. The molecule has 2 aromatic heterocycles. The Balaban J connectivity index is 2.07. The van der Waals surface area contributed by atoms with Gasteiger partial charge in [0.25, 0.3) is 0 Å². The molecule has 0 aliphatic rings. The van der Waals surface area contributed by atoms with Gasteiger partial charge in [-0.2, -0.15) is 0 Å². The van der Waals surface area contributed by atoms with E-state index in [4.69, 9.17) is 5.11 Å². The Morgan fingerprint density at radius 1 is 1.17 bits per heavy atom. The average Bonchev–Trinajstić information content (AvgIpc) is 2.80. The second kappa shape index (κ2) is 4.19. The van der Waals surface area contributed by atoms with Crippen molar-refractivity contribution in [3.63, 3.8) is 0 Å². The molecular formula is C13H12N4O. The molecule has 2 heterocycles. The number of aliphatic hydroxyl groups is 1. The maximum absolute atomic E-state index is 9.00. The van der Waals surface area contributed by atoms with Crippen LogP contribution < -0.4 is 0 Å². The summed E-state index contributed by atoms with van der Waals surface area (Å²) in [6.07, 6.45) is 3.49. The first-order valence-corrected chi connectivity index (χ1v) is 5.62. The van der Waals surface area contributed by atoms with Gasteiger partial charge in [-0.15, -0.1) is 0 Å². The fourth-order valence-electron chi connectivity index (χ4n) is 1.81. The van der Waals surface area contributed by atoms with Crippen LogP contribution >= 0.6 is 0 Å². The number of hydrogen-bond donors (Lipinski definition) is 1. The molecule has 90 valence electrons. The Labute approximate surface area is 104 Å². The molecule has 3 rings (SSSR count). The first-order valence-electron chi connectivity index (χ1n) is 5.62. The van der Waals surface area contributed by atoms with E-state index in [1.165, 1.54) is 0 Å². The summed E-state index contributed by atoms with van der Waals surface area (Å²) in [6, 6.07) is 7.52. The van der Waals surface area contributed by atoms with Crippen molar-refractivity contribution in [1.82, 2.24) is 19.5 Å². The zero-order valence-corrected chi connectivity index (χ0v) is 9.91. The lowest BCUT2D eigenvalue weighted by molar-refractivity contribution is 0.282. The second-order valence-electron chi connectivity index (χ2n) is 4.11. The number of rotatable bonds is 2. The number of benzene rings is 1. The van der Waals surface area contributed by atoms with E-state index in [0.29, 0.717) is 11.5 Å². The average molecular weight is 240 g/mol. The molecule has 0 amide bonds. The van der Waals surface area contributed by atoms with Crippen LogP contribution in [0.25, 0.3) is 22.6 Å². The van der Waals surface area contributed by atoms with E-state index in [0.717, 1.165) is 16.6 Å². The number of fused-ring (bicyclic) bond motifs is 1. The molecule has 0 fully saturated rings. The Kier molecular flexibility index (Phi) is 2.53. The molecule has 0 radical (unpaired) electrons. The standard InChI is InChI=1S/C13H12N4O/c1-17-8-15-13-11(17)6-14-12(16-13)10-4-2-9(7-18)3-5-10/h2-6,8,18H,7H2,1H3. The minimum atomic E-state index is 0.0421. The largest absolute Gasteiger partial charge is 0.392 e. The maximum atomic E-state index is 9.00. The number of imidazole rings is 1. The summed E-state index contributed by atoms with van der Waals surface area (Å²) in [5.41, 5.74) is 3.39. The molecule has 5 nitrogen and oxygen atoms in total. The third-order valence-electron chi connectivity index (χ3n) is 2.88. The SMILES string of the molecule is Cn1cnc2nc(-c3ccc(CO)cc3)ncc21. The monoisotopic (exact) mass is 240 g/mol. The molecule has 0 aliphatic carbocycles. The Bertz CT molecular complexity index is 688. The van der Waals surface area contributed by atoms with Crippen LogP contribution in [0.2, 0.25) is 0 Å². The maximum Gasteiger partial charge on any atom is 0.181 e. The van der Waals surface area contributed by atoms with Crippen LogP contribution in [-0.4, -0.2) is 24.6 Å². The normalized spacial score (nSPS) is 11.0. The van der Waals surface area contributed by atoms with Crippen molar-refractivity contribution < 1.29 is 5.11 Å². The van der Waals surface area contributed by atoms with E-state index in [9.17, 15) is 0 Å². The first kappa shape index (κ1) is 10.9. The van der Waals surface area contributed by atoms with E-state index < -0.39 is 0 Å².